The molecule has 4 aliphatic rings. The molecule has 1 N–H and O–H groups in total. The zero-order valence-corrected chi connectivity index (χ0v) is 23.8. The van der Waals surface area contributed by atoms with Gasteiger partial charge < -0.3 is 5.11 Å². The van der Waals surface area contributed by atoms with E-state index in [-0.39, 0.29) is 47.9 Å². The maximum atomic E-state index is 16.1. The highest BCUT2D eigenvalue weighted by atomic mass is 32.2. The second kappa shape index (κ2) is 9.51. The average Bonchev–Trinajstić information content (AvgIpc) is 3.18. The maximum Gasteiger partial charge on any atom is 0.281 e. The van der Waals surface area contributed by atoms with Gasteiger partial charge in [0.25, 0.3) is 5.92 Å². The van der Waals surface area contributed by atoms with E-state index >= 15 is 4.39 Å². The van der Waals surface area contributed by atoms with Gasteiger partial charge in [-0.3, -0.25) is 9.59 Å². The highest BCUT2D eigenvalue weighted by Crippen LogP contribution is 2.70. The number of fused-ring (bicyclic) bond motifs is 4. The molecule has 0 saturated heterocycles. The number of carbonyl (C=O) groups is 2. The lowest BCUT2D eigenvalue weighted by molar-refractivity contribution is -0.252. The maximum absolute atomic E-state index is 16.1. The number of aliphatic hydroxyl groups is 1. The van der Waals surface area contributed by atoms with Crippen LogP contribution in [0.2, 0.25) is 0 Å². The number of ketones is 1. The zero-order chi connectivity index (χ0) is 28.5. The number of carbonyl (C=O) groups excluding carboxylic acids is 2. The van der Waals surface area contributed by atoms with E-state index < -0.39 is 33.4 Å². The molecule has 0 bridgehead atoms. The summed E-state index contributed by atoms with van der Waals surface area (Å²) in [6.45, 7) is 4.82. The van der Waals surface area contributed by atoms with Gasteiger partial charge in [0.05, 0.1) is 0 Å². The Morgan fingerprint density at radius 2 is 1.77 bits per heavy atom. The molecule has 0 aromatic heterocycles. The molecule has 2 saturated carbocycles. The number of halogens is 3. The summed E-state index contributed by atoms with van der Waals surface area (Å²) in [5, 5.41) is 11.6. The van der Waals surface area contributed by atoms with E-state index in [9.17, 15) is 27.7 Å². The van der Waals surface area contributed by atoms with E-state index in [1.807, 2.05) is 12.1 Å². The molecule has 5 rings (SSSR count). The minimum atomic E-state index is -3.74. The normalized spacial score (nSPS) is 34.9. The van der Waals surface area contributed by atoms with E-state index in [1.165, 1.54) is 5.57 Å². The van der Waals surface area contributed by atoms with Gasteiger partial charge in [0.15, 0.2) is 11.5 Å². The third-order valence-electron chi connectivity index (χ3n) is 10.5. The van der Waals surface area contributed by atoms with Crippen LogP contribution >= 0.6 is 0 Å². The van der Waals surface area contributed by atoms with Crippen LogP contribution in [0.3, 0.4) is 0 Å². The largest absolute Gasteiger partial charge is 0.386 e. The van der Waals surface area contributed by atoms with Crippen molar-refractivity contribution in [1.29, 1.82) is 0 Å². The van der Waals surface area contributed by atoms with Crippen molar-refractivity contribution < 1.29 is 32.1 Å². The quantitative estimate of drug-likeness (QED) is 0.431. The molecule has 0 aliphatic heterocycles. The number of benzene rings is 1. The fourth-order valence-electron chi connectivity index (χ4n) is 8.18. The van der Waals surface area contributed by atoms with Gasteiger partial charge in [-0.25, -0.2) is 17.4 Å². The lowest BCUT2D eigenvalue weighted by Gasteiger charge is -2.57. The van der Waals surface area contributed by atoms with Crippen LogP contribution in [-0.4, -0.2) is 37.4 Å². The smallest absolute Gasteiger partial charge is 0.281 e. The van der Waals surface area contributed by atoms with E-state index in [0.29, 0.717) is 43.9 Å². The van der Waals surface area contributed by atoms with Gasteiger partial charge >= 0.3 is 0 Å². The van der Waals surface area contributed by atoms with Crippen molar-refractivity contribution in [2.75, 3.05) is 0 Å². The number of hydrogen-bond donors (Lipinski definition) is 1. The number of alkyl halides is 3. The third-order valence-corrected chi connectivity index (χ3v) is 11.9. The van der Waals surface area contributed by atoms with Crippen LogP contribution in [0.5, 0.6) is 0 Å². The summed E-state index contributed by atoms with van der Waals surface area (Å²) < 4.78 is 58.1. The number of allylic oxidation sites excluding steroid dienone is 4. The molecule has 4 unspecified atom stereocenters. The monoisotopic (exact) mass is 562 g/mol. The predicted molar refractivity (Wildman–Crippen MR) is 143 cm³/mol. The van der Waals surface area contributed by atoms with E-state index in [2.05, 4.69) is 0 Å². The topological polar surface area (TPSA) is 71.4 Å². The molecule has 0 heterocycles. The highest BCUT2D eigenvalue weighted by Gasteiger charge is 2.73. The Morgan fingerprint density at radius 3 is 2.38 bits per heavy atom. The second-order valence-corrected chi connectivity index (χ2v) is 13.8. The first-order valence-electron chi connectivity index (χ1n) is 14.0. The van der Waals surface area contributed by atoms with Gasteiger partial charge in [-0.2, -0.15) is 0 Å². The van der Waals surface area contributed by atoms with E-state index in [0.717, 1.165) is 23.6 Å². The van der Waals surface area contributed by atoms with Crippen molar-refractivity contribution in [3.8, 4) is 0 Å². The summed E-state index contributed by atoms with van der Waals surface area (Å²) in [4.78, 5) is 24.6. The van der Waals surface area contributed by atoms with Crippen LogP contribution in [0.4, 0.5) is 13.2 Å². The van der Waals surface area contributed by atoms with Crippen molar-refractivity contribution in [3.05, 3.63) is 52.6 Å². The summed E-state index contributed by atoms with van der Waals surface area (Å²) >= 11 is 0. The number of hydrogen-bond acceptors (Lipinski definition) is 4. The Hall–Kier alpha value is -2.06. The summed E-state index contributed by atoms with van der Waals surface area (Å²) in [6.07, 6.45) is 5.00. The minimum Gasteiger partial charge on any atom is -0.386 e. The first-order chi connectivity index (χ1) is 18.2. The Bertz CT molecular complexity index is 1290. The molecule has 4 aliphatic carbocycles. The van der Waals surface area contributed by atoms with Crippen molar-refractivity contribution in [3.63, 3.8) is 0 Å². The molecule has 39 heavy (non-hydrogen) atoms. The van der Waals surface area contributed by atoms with Gasteiger partial charge in [-0.05, 0) is 92.2 Å². The molecule has 212 valence electrons. The minimum absolute atomic E-state index is 0.0279. The predicted octanol–water partition coefficient (Wildman–Crippen LogP) is 6.74. The van der Waals surface area contributed by atoms with Crippen molar-refractivity contribution >= 4 is 21.7 Å². The lowest BCUT2D eigenvalue weighted by atomic mass is 9.49. The van der Waals surface area contributed by atoms with Gasteiger partial charge in [0, 0.05) is 36.0 Å². The molecule has 1 aromatic carbocycles. The molecular weight excluding hydrogens is 525 g/mol. The molecular formula is C31H37F3O4S. The molecule has 2 fully saturated rings. The second-order valence-electron chi connectivity index (χ2n) is 12.3. The molecule has 1 aromatic rings. The summed E-state index contributed by atoms with van der Waals surface area (Å²) in [7, 11) is -1.78. The fraction of sp³-hybridized carbons (Fsp3) is 0.613. The van der Waals surface area contributed by atoms with Crippen LogP contribution in [0.25, 0.3) is 0 Å². The SMILES string of the molecule is CCC(=O)S(=O)c1ccc([C@H]2C[C@@]3(C)C(CC[C@@]3(O)C(C)(F)C(C)(F)F)C3CCC4=CC(=O)CCC4=C32)cc1. The van der Waals surface area contributed by atoms with Gasteiger partial charge in [0.1, 0.15) is 16.4 Å². The van der Waals surface area contributed by atoms with Gasteiger partial charge in [-0.15, -0.1) is 0 Å². The molecule has 8 heteroatoms. The number of rotatable bonds is 5. The first-order valence-corrected chi connectivity index (χ1v) is 15.1. The molecule has 0 radical (unpaired) electrons. The van der Waals surface area contributed by atoms with Crippen LogP contribution in [0.15, 0.2) is 52.0 Å². The molecule has 4 nitrogen and oxygen atoms in total. The molecule has 7 atom stereocenters. The highest BCUT2D eigenvalue weighted by molar-refractivity contribution is 8.00. The van der Waals surface area contributed by atoms with Crippen molar-refractivity contribution in [1.82, 2.24) is 0 Å². The fourth-order valence-corrected chi connectivity index (χ4v) is 9.09. The first kappa shape index (κ1) is 28.5. The Labute approximate surface area is 230 Å². The third kappa shape index (κ3) is 4.14. The summed E-state index contributed by atoms with van der Waals surface area (Å²) in [5.74, 6) is -4.13. The van der Waals surface area contributed by atoms with Crippen molar-refractivity contribution in [2.24, 2.45) is 17.3 Å². The lowest BCUT2D eigenvalue weighted by Crippen LogP contribution is -2.66. The zero-order valence-electron chi connectivity index (χ0n) is 23.0. The standard InChI is InChI=1S/C31H37F3O4S/c1-5-26(36)39(38)21-10-6-18(7-11-21)24-17-28(2)25(14-15-31(28,37)29(3,32)30(4,33)34)23-12-8-19-16-20(35)9-13-22(19)27(23)24/h6-7,10-11,16,23-25,37H,5,8-9,12-15,17H2,1-4H3/t23?,24-,25?,28+,29?,31+,39?/m1/s1. The van der Waals surface area contributed by atoms with E-state index in [4.69, 9.17) is 0 Å². The Morgan fingerprint density at radius 1 is 1.10 bits per heavy atom. The molecule has 0 spiro atoms. The van der Waals surface area contributed by atoms with Crippen LogP contribution < -0.4 is 0 Å². The van der Waals surface area contributed by atoms with Gasteiger partial charge in [0.2, 0.25) is 5.12 Å². The van der Waals surface area contributed by atoms with Crippen molar-refractivity contribution in [2.45, 2.75) is 107 Å². The summed E-state index contributed by atoms with van der Waals surface area (Å²) in [6, 6.07) is 6.96. The van der Waals surface area contributed by atoms with Crippen LogP contribution in [0, 0.1) is 17.3 Å². The van der Waals surface area contributed by atoms with Gasteiger partial charge in [-0.1, -0.05) is 31.6 Å². The molecule has 0 amide bonds. The van der Waals surface area contributed by atoms with Crippen LogP contribution in [0.1, 0.15) is 90.5 Å². The van der Waals surface area contributed by atoms with Crippen LogP contribution in [-0.2, 0) is 20.4 Å². The Balaban J connectivity index is 1.65. The summed E-state index contributed by atoms with van der Waals surface area (Å²) in [5.41, 5.74) is -2.29. The average molecular weight is 563 g/mol. The Kier molecular flexibility index (Phi) is 6.94. The van der Waals surface area contributed by atoms with E-state index in [1.54, 1.807) is 32.1 Å².